The third kappa shape index (κ3) is 8.22. The van der Waals surface area contributed by atoms with Crippen molar-refractivity contribution in [3.8, 4) is 0 Å². The average Bonchev–Trinajstić information content (AvgIpc) is 2.81. The molecule has 3 aromatic carbocycles. The third-order valence-electron chi connectivity index (χ3n) is 5.60. The SMILES string of the molecule is CC(C)(C)NC(=O)[C@H](Cc1ccccc1)N(Cc1ccc(F)cc1)C(=O)CCc1ccccc1Cl. The summed E-state index contributed by atoms with van der Waals surface area (Å²) in [6.45, 7) is 5.92. The van der Waals surface area contributed by atoms with Gasteiger partial charge in [0.15, 0.2) is 0 Å². The van der Waals surface area contributed by atoms with Crippen LogP contribution in [0.3, 0.4) is 0 Å². The molecule has 0 aliphatic heterocycles. The van der Waals surface area contributed by atoms with Crippen molar-refractivity contribution >= 4 is 23.4 Å². The molecule has 0 aromatic heterocycles. The second kappa shape index (κ2) is 12.0. The third-order valence-corrected chi connectivity index (χ3v) is 5.97. The molecule has 6 heteroatoms. The van der Waals surface area contributed by atoms with Crippen molar-refractivity contribution in [2.24, 2.45) is 0 Å². The monoisotopic (exact) mass is 494 g/mol. The number of amides is 2. The average molecular weight is 495 g/mol. The van der Waals surface area contributed by atoms with E-state index in [0.29, 0.717) is 17.9 Å². The Balaban J connectivity index is 1.93. The summed E-state index contributed by atoms with van der Waals surface area (Å²) >= 11 is 6.30. The van der Waals surface area contributed by atoms with Crippen LogP contribution < -0.4 is 5.32 Å². The van der Waals surface area contributed by atoms with Crippen LogP contribution in [0.5, 0.6) is 0 Å². The van der Waals surface area contributed by atoms with Gasteiger partial charge in [-0.25, -0.2) is 4.39 Å². The number of nitrogens with one attached hydrogen (secondary N) is 1. The molecule has 3 aromatic rings. The summed E-state index contributed by atoms with van der Waals surface area (Å²) in [4.78, 5) is 28.7. The summed E-state index contributed by atoms with van der Waals surface area (Å²) in [5.41, 5.74) is 2.11. The molecular weight excluding hydrogens is 463 g/mol. The zero-order valence-corrected chi connectivity index (χ0v) is 21.2. The number of nitrogens with zero attached hydrogens (tertiary/aromatic N) is 1. The second-order valence-electron chi connectivity index (χ2n) is 9.68. The molecule has 1 atom stereocenters. The van der Waals surface area contributed by atoms with Gasteiger partial charge in [0.2, 0.25) is 11.8 Å². The van der Waals surface area contributed by atoms with Crippen molar-refractivity contribution in [2.45, 2.75) is 58.2 Å². The molecule has 0 bridgehead atoms. The fourth-order valence-corrected chi connectivity index (χ4v) is 4.11. The van der Waals surface area contributed by atoms with Gasteiger partial charge in [-0.3, -0.25) is 9.59 Å². The molecule has 35 heavy (non-hydrogen) atoms. The lowest BCUT2D eigenvalue weighted by Crippen LogP contribution is -2.54. The Morgan fingerprint density at radius 1 is 0.914 bits per heavy atom. The van der Waals surface area contributed by atoms with Crippen molar-refractivity contribution in [1.82, 2.24) is 10.2 Å². The first-order valence-corrected chi connectivity index (χ1v) is 12.1. The van der Waals surface area contributed by atoms with Gasteiger partial charge in [-0.15, -0.1) is 0 Å². The molecule has 1 N–H and O–H groups in total. The smallest absolute Gasteiger partial charge is 0.243 e. The maximum atomic E-state index is 13.6. The van der Waals surface area contributed by atoms with Gasteiger partial charge >= 0.3 is 0 Å². The number of rotatable bonds is 9. The predicted molar refractivity (Wildman–Crippen MR) is 139 cm³/mol. The second-order valence-corrected chi connectivity index (χ2v) is 10.1. The summed E-state index contributed by atoms with van der Waals surface area (Å²) < 4.78 is 13.5. The zero-order valence-electron chi connectivity index (χ0n) is 20.4. The van der Waals surface area contributed by atoms with Crippen LogP contribution in [0.25, 0.3) is 0 Å². The summed E-state index contributed by atoms with van der Waals surface area (Å²) in [5.74, 6) is -0.745. The normalized spacial score (nSPS) is 12.1. The Hall–Kier alpha value is -3.18. The molecule has 0 fully saturated rings. The fourth-order valence-electron chi connectivity index (χ4n) is 3.88. The Labute approximate surface area is 212 Å². The molecule has 0 aliphatic carbocycles. The lowest BCUT2D eigenvalue weighted by atomic mass is 10.00. The fraction of sp³-hybridized carbons (Fsp3) is 0.310. The van der Waals surface area contributed by atoms with Gasteiger partial charge in [-0.2, -0.15) is 0 Å². The molecule has 0 radical (unpaired) electrons. The molecule has 0 spiro atoms. The molecule has 3 rings (SSSR count). The van der Waals surface area contributed by atoms with Crippen LogP contribution >= 0.6 is 11.6 Å². The lowest BCUT2D eigenvalue weighted by Gasteiger charge is -2.34. The lowest BCUT2D eigenvalue weighted by molar-refractivity contribution is -0.141. The molecular formula is C29H32ClFN2O2. The van der Waals surface area contributed by atoms with Crippen molar-refractivity contribution in [3.05, 3.63) is 106 Å². The van der Waals surface area contributed by atoms with Gasteiger partial charge < -0.3 is 10.2 Å². The summed E-state index contributed by atoms with van der Waals surface area (Å²) in [7, 11) is 0. The highest BCUT2D eigenvalue weighted by molar-refractivity contribution is 6.31. The van der Waals surface area contributed by atoms with Crippen LogP contribution in [0, 0.1) is 5.82 Å². The highest BCUT2D eigenvalue weighted by Crippen LogP contribution is 2.20. The molecule has 0 saturated carbocycles. The van der Waals surface area contributed by atoms with E-state index >= 15 is 0 Å². The molecule has 2 amide bonds. The molecule has 184 valence electrons. The van der Waals surface area contributed by atoms with E-state index in [4.69, 9.17) is 11.6 Å². The Bertz CT molecular complexity index is 1130. The Kier molecular flexibility index (Phi) is 9.05. The van der Waals surface area contributed by atoms with E-state index in [1.807, 2.05) is 69.3 Å². The standard InChI is InChI=1S/C29H32ClFN2O2/c1-29(2,3)32-28(35)26(19-21-9-5-4-6-10-21)33(20-22-13-16-24(31)17-14-22)27(34)18-15-23-11-7-8-12-25(23)30/h4-14,16-17,26H,15,18-20H2,1-3H3,(H,32,35)/t26-/m0/s1. The minimum Gasteiger partial charge on any atom is -0.350 e. The minimum absolute atomic E-state index is 0.167. The van der Waals surface area contributed by atoms with Crippen molar-refractivity contribution in [1.29, 1.82) is 0 Å². The highest BCUT2D eigenvalue weighted by atomic mass is 35.5. The Morgan fingerprint density at radius 3 is 2.17 bits per heavy atom. The molecule has 0 heterocycles. The summed E-state index contributed by atoms with van der Waals surface area (Å²) in [6, 6.07) is 22.3. The van der Waals surface area contributed by atoms with Gasteiger partial charge in [-0.05, 0) is 62.1 Å². The van der Waals surface area contributed by atoms with E-state index in [-0.39, 0.29) is 30.6 Å². The summed E-state index contributed by atoms with van der Waals surface area (Å²) in [5, 5.41) is 3.65. The number of aryl methyl sites for hydroxylation is 1. The van der Waals surface area contributed by atoms with Crippen LogP contribution in [0.4, 0.5) is 4.39 Å². The first-order chi connectivity index (χ1) is 16.6. The number of carbonyl (C=O) groups is 2. The topological polar surface area (TPSA) is 49.4 Å². The molecule has 0 aliphatic rings. The molecule has 0 unspecified atom stereocenters. The van der Waals surface area contributed by atoms with Crippen LogP contribution in [-0.2, 0) is 29.0 Å². The number of hydrogen-bond acceptors (Lipinski definition) is 2. The minimum atomic E-state index is -0.736. The highest BCUT2D eigenvalue weighted by Gasteiger charge is 2.32. The van der Waals surface area contributed by atoms with E-state index < -0.39 is 11.6 Å². The van der Waals surface area contributed by atoms with Crippen molar-refractivity contribution < 1.29 is 14.0 Å². The number of halogens is 2. The van der Waals surface area contributed by atoms with E-state index in [9.17, 15) is 14.0 Å². The largest absolute Gasteiger partial charge is 0.350 e. The number of benzene rings is 3. The van der Waals surface area contributed by atoms with Crippen LogP contribution in [0.2, 0.25) is 5.02 Å². The van der Waals surface area contributed by atoms with Crippen LogP contribution in [0.15, 0.2) is 78.9 Å². The maximum absolute atomic E-state index is 13.6. The van der Waals surface area contributed by atoms with Crippen LogP contribution in [0.1, 0.15) is 43.9 Å². The quantitative estimate of drug-likeness (QED) is 0.398. The van der Waals surface area contributed by atoms with Crippen LogP contribution in [-0.4, -0.2) is 28.3 Å². The van der Waals surface area contributed by atoms with Gasteiger partial charge in [-0.1, -0.05) is 72.3 Å². The van der Waals surface area contributed by atoms with Gasteiger partial charge in [0.1, 0.15) is 11.9 Å². The van der Waals surface area contributed by atoms with E-state index in [1.54, 1.807) is 23.1 Å². The molecule has 4 nitrogen and oxygen atoms in total. The van der Waals surface area contributed by atoms with Gasteiger partial charge in [0.05, 0.1) is 0 Å². The number of carbonyl (C=O) groups excluding carboxylic acids is 2. The van der Waals surface area contributed by atoms with E-state index in [0.717, 1.165) is 16.7 Å². The van der Waals surface area contributed by atoms with Crippen molar-refractivity contribution in [2.75, 3.05) is 0 Å². The van der Waals surface area contributed by atoms with Gasteiger partial charge in [0.25, 0.3) is 0 Å². The van der Waals surface area contributed by atoms with Gasteiger partial charge in [0, 0.05) is 29.9 Å². The van der Waals surface area contributed by atoms with E-state index in [2.05, 4.69) is 5.32 Å². The maximum Gasteiger partial charge on any atom is 0.243 e. The van der Waals surface area contributed by atoms with Crippen molar-refractivity contribution in [3.63, 3.8) is 0 Å². The van der Waals surface area contributed by atoms with E-state index in [1.165, 1.54) is 12.1 Å². The summed E-state index contributed by atoms with van der Waals surface area (Å²) in [6.07, 6.45) is 1.01. The first-order valence-electron chi connectivity index (χ1n) is 11.8. The Morgan fingerprint density at radius 2 is 1.54 bits per heavy atom. The first kappa shape index (κ1) is 26.4. The zero-order chi connectivity index (χ0) is 25.4. The number of hydrogen-bond donors (Lipinski definition) is 1. The molecule has 0 saturated heterocycles. The predicted octanol–water partition coefficient (Wildman–Crippen LogP) is 5.97.